The molecule has 0 unspecified atom stereocenters. The minimum atomic E-state index is -0.471. The van der Waals surface area contributed by atoms with Gasteiger partial charge in [0.2, 0.25) is 5.82 Å². The number of carbonyl (C=O) groups excluding carboxylic acids is 1. The second-order valence-electron chi connectivity index (χ2n) is 6.25. The van der Waals surface area contributed by atoms with Crippen LogP contribution in [0.1, 0.15) is 21.9 Å². The van der Waals surface area contributed by atoms with Gasteiger partial charge in [-0.2, -0.15) is 10.1 Å². The fraction of sp³-hybridized carbons (Fsp3) is 0.100. The zero-order valence-corrected chi connectivity index (χ0v) is 17.6. The largest absolute Gasteiger partial charge is 0.344 e. The molecule has 0 saturated heterocycles. The van der Waals surface area contributed by atoms with Gasteiger partial charge in [-0.25, -0.2) is 4.68 Å². The van der Waals surface area contributed by atoms with E-state index in [0.29, 0.717) is 16.4 Å². The lowest BCUT2D eigenvalue weighted by atomic mass is 10.2. The zero-order valence-electron chi connectivity index (χ0n) is 15.3. The van der Waals surface area contributed by atoms with Gasteiger partial charge in [0.15, 0.2) is 0 Å². The first-order chi connectivity index (χ1) is 14.0. The number of rotatable bonds is 5. The van der Waals surface area contributed by atoms with Gasteiger partial charge in [0, 0.05) is 22.2 Å². The SMILES string of the molecule is Cc1nn(-c2ccc(Br)cc2)cc1-c1noc(C(=O)NCc2ccccc2Cl)n1. The van der Waals surface area contributed by atoms with E-state index in [1.165, 1.54) is 0 Å². The highest BCUT2D eigenvalue weighted by molar-refractivity contribution is 9.10. The molecule has 0 aliphatic heterocycles. The number of benzene rings is 2. The average molecular weight is 473 g/mol. The molecular formula is C20H15BrClN5O2. The van der Waals surface area contributed by atoms with Crippen LogP contribution in [0.15, 0.2) is 63.7 Å². The van der Waals surface area contributed by atoms with Crippen LogP contribution >= 0.6 is 27.5 Å². The van der Waals surface area contributed by atoms with Crippen LogP contribution in [0.4, 0.5) is 0 Å². The number of nitrogens with one attached hydrogen (secondary N) is 1. The van der Waals surface area contributed by atoms with Gasteiger partial charge < -0.3 is 9.84 Å². The third-order valence-corrected chi connectivity index (χ3v) is 5.15. The van der Waals surface area contributed by atoms with Gasteiger partial charge in [0.25, 0.3) is 0 Å². The fourth-order valence-corrected chi connectivity index (χ4v) is 3.19. The summed E-state index contributed by atoms with van der Waals surface area (Å²) in [5, 5.41) is 11.7. The Morgan fingerprint density at radius 2 is 1.97 bits per heavy atom. The van der Waals surface area contributed by atoms with Crippen molar-refractivity contribution < 1.29 is 9.32 Å². The molecule has 0 atom stereocenters. The van der Waals surface area contributed by atoms with Crippen molar-refractivity contribution in [2.24, 2.45) is 0 Å². The summed E-state index contributed by atoms with van der Waals surface area (Å²) in [5.74, 6) is -0.293. The number of hydrogen-bond donors (Lipinski definition) is 1. The molecule has 2 aromatic heterocycles. The Labute approximate surface area is 179 Å². The predicted octanol–water partition coefficient (Wildman–Crippen LogP) is 4.58. The van der Waals surface area contributed by atoms with E-state index in [2.05, 4.69) is 36.5 Å². The lowest BCUT2D eigenvalue weighted by molar-refractivity contribution is 0.0907. The number of halogens is 2. The minimum Gasteiger partial charge on any atom is -0.344 e. The van der Waals surface area contributed by atoms with Crippen molar-refractivity contribution in [3.63, 3.8) is 0 Å². The van der Waals surface area contributed by atoms with E-state index in [1.54, 1.807) is 16.9 Å². The topological polar surface area (TPSA) is 85.8 Å². The van der Waals surface area contributed by atoms with Gasteiger partial charge in [-0.05, 0) is 42.8 Å². The number of aryl methyl sites for hydroxylation is 1. The maximum Gasteiger partial charge on any atom is 0.316 e. The van der Waals surface area contributed by atoms with E-state index in [9.17, 15) is 4.79 Å². The van der Waals surface area contributed by atoms with E-state index < -0.39 is 5.91 Å². The quantitative estimate of drug-likeness (QED) is 0.460. The molecular weight excluding hydrogens is 458 g/mol. The Morgan fingerprint density at radius 3 is 2.72 bits per heavy atom. The Balaban J connectivity index is 1.51. The number of hydrogen-bond acceptors (Lipinski definition) is 5. The molecule has 9 heteroatoms. The van der Waals surface area contributed by atoms with E-state index in [-0.39, 0.29) is 12.4 Å². The highest BCUT2D eigenvalue weighted by Gasteiger charge is 2.19. The van der Waals surface area contributed by atoms with E-state index >= 15 is 0 Å². The van der Waals surface area contributed by atoms with Gasteiger partial charge >= 0.3 is 11.8 Å². The van der Waals surface area contributed by atoms with E-state index in [4.69, 9.17) is 16.1 Å². The molecule has 4 rings (SSSR count). The number of aromatic nitrogens is 4. The fourth-order valence-electron chi connectivity index (χ4n) is 2.72. The summed E-state index contributed by atoms with van der Waals surface area (Å²) in [4.78, 5) is 16.6. The molecule has 4 aromatic rings. The van der Waals surface area contributed by atoms with Crippen LogP contribution in [0.3, 0.4) is 0 Å². The van der Waals surface area contributed by atoms with E-state index in [1.807, 2.05) is 49.4 Å². The van der Waals surface area contributed by atoms with Crippen molar-refractivity contribution >= 4 is 33.4 Å². The molecule has 7 nitrogen and oxygen atoms in total. The average Bonchev–Trinajstić information content (AvgIpc) is 3.34. The van der Waals surface area contributed by atoms with Crippen LogP contribution in [-0.2, 0) is 6.54 Å². The summed E-state index contributed by atoms with van der Waals surface area (Å²) in [6.07, 6.45) is 1.80. The van der Waals surface area contributed by atoms with Crippen molar-refractivity contribution in [2.45, 2.75) is 13.5 Å². The van der Waals surface area contributed by atoms with Crippen LogP contribution < -0.4 is 5.32 Å². The molecule has 0 saturated carbocycles. The molecule has 2 heterocycles. The minimum absolute atomic E-state index is 0.122. The normalized spacial score (nSPS) is 10.9. The molecule has 0 bridgehead atoms. The van der Waals surface area contributed by atoms with Gasteiger partial charge in [0.05, 0.1) is 16.9 Å². The Kier molecular flexibility index (Phi) is 5.46. The molecule has 0 spiro atoms. The Morgan fingerprint density at radius 1 is 1.21 bits per heavy atom. The molecule has 146 valence electrons. The summed E-state index contributed by atoms with van der Waals surface area (Å²) < 4.78 is 7.85. The van der Waals surface area contributed by atoms with E-state index in [0.717, 1.165) is 21.4 Å². The third-order valence-electron chi connectivity index (χ3n) is 4.25. The molecule has 0 fully saturated rings. The number of nitrogens with zero attached hydrogens (tertiary/aromatic N) is 4. The first kappa shape index (κ1) is 19.4. The lowest BCUT2D eigenvalue weighted by Gasteiger charge is -2.04. The zero-order chi connectivity index (χ0) is 20.4. The first-order valence-corrected chi connectivity index (χ1v) is 9.86. The van der Waals surface area contributed by atoms with Gasteiger partial charge in [-0.3, -0.25) is 4.79 Å². The van der Waals surface area contributed by atoms with Crippen LogP contribution in [0, 0.1) is 6.92 Å². The van der Waals surface area contributed by atoms with Crippen molar-refractivity contribution in [1.29, 1.82) is 0 Å². The summed E-state index contributed by atoms with van der Waals surface area (Å²) >= 11 is 9.52. The second-order valence-corrected chi connectivity index (χ2v) is 7.57. The third kappa shape index (κ3) is 4.23. The Bertz CT molecular complexity index is 1170. The molecule has 1 amide bonds. The molecule has 1 N–H and O–H groups in total. The molecule has 0 aliphatic carbocycles. The van der Waals surface area contributed by atoms with Gasteiger partial charge in [-0.15, -0.1) is 0 Å². The van der Waals surface area contributed by atoms with Crippen molar-refractivity contribution in [3.05, 3.63) is 81.4 Å². The number of carbonyl (C=O) groups is 1. The summed E-state index contributed by atoms with van der Waals surface area (Å²) in [6, 6.07) is 15.0. The maximum absolute atomic E-state index is 12.3. The predicted molar refractivity (Wildman–Crippen MR) is 112 cm³/mol. The summed E-state index contributed by atoms with van der Waals surface area (Å²) in [6.45, 7) is 2.11. The van der Waals surface area contributed by atoms with Gasteiger partial charge in [0.1, 0.15) is 0 Å². The maximum atomic E-state index is 12.3. The molecule has 29 heavy (non-hydrogen) atoms. The van der Waals surface area contributed by atoms with Crippen LogP contribution in [-0.4, -0.2) is 25.8 Å². The van der Waals surface area contributed by atoms with Crippen molar-refractivity contribution in [2.75, 3.05) is 0 Å². The summed E-state index contributed by atoms with van der Waals surface area (Å²) in [5.41, 5.74) is 3.09. The molecule has 2 aromatic carbocycles. The standard InChI is InChI=1S/C20H15BrClN5O2/c1-12-16(11-27(25-12)15-8-6-14(21)7-9-15)18-24-20(29-26-18)19(28)23-10-13-4-2-3-5-17(13)22/h2-9,11H,10H2,1H3,(H,23,28). The first-order valence-electron chi connectivity index (χ1n) is 8.69. The highest BCUT2D eigenvalue weighted by atomic mass is 79.9. The van der Waals surface area contributed by atoms with Crippen LogP contribution in [0.2, 0.25) is 5.02 Å². The monoisotopic (exact) mass is 471 g/mol. The second kappa shape index (κ2) is 8.18. The number of amides is 1. The van der Waals surface area contributed by atoms with Crippen molar-refractivity contribution in [3.8, 4) is 17.1 Å². The smallest absolute Gasteiger partial charge is 0.316 e. The molecule has 0 radical (unpaired) electrons. The van der Waals surface area contributed by atoms with Crippen molar-refractivity contribution in [1.82, 2.24) is 25.2 Å². The lowest BCUT2D eigenvalue weighted by Crippen LogP contribution is -2.23. The Hall–Kier alpha value is -2.97. The van der Waals surface area contributed by atoms with Gasteiger partial charge in [-0.1, -0.05) is 50.9 Å². The van der Waals surface area contributed by atoms with Crippen LogP contribution in [0.5, 0.6) is 0 Å². The van der Waals surface area contributed by atoms with Crippen LogP contribution in [0.25, 0.3) is 17.1 Å². The summed E-state index contributed by atoms with van der Waals surface area (Å²) in [7, 11) is 0. The molecule has 0 aliphatic rings. The highest BCUT2D eigenvalue weighted by Crippen LogP contribution is 2.22.